The highest BCUT2D eigenvalue weighted by atomic mass is 16.7. The van der Waals surface area contributed by atoms with Crippen molar-refractivity contribution in [1.82, 2.24) is 0 Å². The Labute approximate surface area is 166 Å². The Bertz CT molecular complexity index is 430. The number of ether oxygens (including phenoxy) is 4. The van der Waals surface area contributed by atoms with Gasteiger partial charge in [-0.3, -0.25) is 0 Å². The Balaban J connectivity index is 1.40. The van der Waals surface area contributed by atoms with E-state index in [1.54, 1.807) is 0 Å². The van der Waals surface area contributed by atoms with Gasteiger partial charge in [0, 0.05) is 12.5 Å². The molecule has 27 heavy (non-hydrogen) atoms. The van der Waals surface area contributed by atoms with E-state index >= 15 is 0 Å². The maximum absolute atomic E-state index is 6.29. The molecule has 0 aliphatic carbocycles. The average Bonchev–Trinajstić information content (AvgIpc) is 3.30. The van der Waals surface area contributed by atoms with E-state index < -0.39 is 0 Å². The first-order chi connectivity index (χ1) is 13.3. The van der Waals surface area contributed by atoms with Crippen LogP contribution in [-0.4, -0.2) is 44.9 Å². The molecule has 3 rings (SSSR count). The number of fused-ring (bicyclic) bond motifs is 2. The monoisotopic (exact) mass is 380 g/mol. The second-order valence-corrected chi connectivity index (χ2v) is 8.50. The highest BCUT2D eigenvalue weighted by molar-refractivity contribution is 4.99. The summed E-state index contributed by atoms with van der Waals surface area (Å²) >= 11 is 0. The molecule has 0 aromatic heterocycles. The molecule has 0 aromatic rings. The summed E-state index contributed by atoms with van der Waals surface area (Å²) in [6.07, 6.45) is 15.8. The third-order valence-electron chi connectivity index (χ3n) is 6.58. The first kappa shape index (κ1) is 21.3. The number of hydrogen-bond acceptors (Lipinski definition) is 4. The van der Waals surface area contributed by atoms with Gasteiger partial charge in [0.05, 0.1) is 32.0 Å². The lowest BCUT2D eigenvalue weighted by atomic mass is 9.71. The highest BCUT2D eigenvalue weighted by Gasteiger charge is 2.52. The molecule has 0 amide bonds. The molecule has 6 atom stereocenters. The molecule has 2 unspecified atom stereocenters. The van der Waals surface area contributed by atoms with Gasteiger partial charge in [-0.2, -0.15) is 0 Å². The van der Waals surface area contributed by atoms with E-state index in [1.807, 2.05) is 6.92 Å². The minimum absolute atomic E-state index is 0.0146. The van der Waals surface area contributed by atoms with Crippen molar-refractivity contribution < 1.29 is 18.9 Å². The number of unbranched alkanes of at least 4 members (excludes halogenated alkanes) is 3. The molecule has 3 saturated heterocycles. The van der Waals surface area contributed by atoms with Gasteiger partial charge in [-0.15, -0.1) is 0 Å². The topological polar surface area (TPSA) is 36.9 Å². The minimum Gasteiger partial charge on any atom is -0.381 e. The maximum Gasteiger partial charge on any atom is 0.157 e. The Morgan fingerprint density at radius 1 is 1.00 bits per heavy atom. The van der Waals surface area contributed by atoms with Crippen molar-refractivity contribution in [3.05, 3.63) is 12.2 Å². The molecule has 156 valence electrons. The fourth-order valence-corrected chi connectivity index (χ4v) is 5.15. The summed E-state index contributed by atoms with van der Waals surface area (Å²) in [5.41, 5.74) is 0. The van der Waals surface area contributed by atoms with E-state index in [1.165, 1.54) is 44.9 Å². The summed E-state index contributed by atoms with van der Waals surface area (Å²) in [5, 5.41) is 0. The van der Waals surface area contributed by atoms with Crippen LogP contribution >= 0.6 is 0 Å². The van der Waals surface area contributed by atoms with Crippen LogP contribution in [0.4, 0.5) is 0 Å². The van der Waals surface area contributed by atoms with Crippen LogP contribution in [0.2, 0.25) is 0 Å². The minimum atomic E-state index is -0.0146. The second kappa shape index (κ2) is 11.5. The van der Waals surface area contributed by atoms with E-state index in [-0.39, 0.29) is 6.29 Å². The predicted octanol–water partition coefficient (Wildman–Crippen LogP) is 5.11. The summed E-state index contributed by atoms with van der Waals surface area (Å²) in [6.45, 7) is 7.65. The van der Waals surface area contributed by atoms with Crippen LogP contribution in [0.3, 0.4) is 0 Å². The fourth-order valence-electron chi connectivity index (χ4n) is 5.15. The summed E-state index contributed by atoms with van der Waals surface area (Å²) in [7, 11) is 0. The van der Waals surface area contributed by atoms with E-state index in [4.69, 9.17) is 18.9 Å². The van der Waals surface area contributed by atoms with Crippen molar-refractivity contribution in [2.75, 3.05) is 26.4 Å². The van der Waals surface area contributed by atoms with Crippen LogP contribution in [0.1, 0.15) is 71.6 Å². The van der Waals surface area contributed by atoms with Gasteiger partial charge in [0.1, 0.15) is 0 Å². The molecule has 0 aromatic carbocycles. The zero-order chi connectivity index (χ0) is 18.9. The van der Waals surface area contributed by atoms with E-state index in [0.717, 1.165) is 39.3 Å². The molecule has 4 nitrogen and oxygen atoms in total. The fraction of sp³-hybridized carbons (Fsp3) is 0.913. The van der Waals surface area contributed by atoms with E-state index in [0.29, 0.717) is 30.0 Å². The molecule has 2 bridgehead atoms. The molecule has 0 saturated carbocycles. The number of allylic oxidation sites excluding steroid dienone is 1. The molecule has 3 fully saturated rings. The Hall–Kier alpha value is -0.420. The third-order valence-corrected chi connectivity index (χ3v) is 6.58. The van der Waals surface area contributed by atoms with Crippen molar-refractivity contribution in [2.45, 2.75) is 90.1 Å². The van der Waals surface area contributed by atoms with Crippen molar-refractivity contribution >= 4 is 0 Å². The van der Waals surface area contributed by atoms with Gasteiger partial charge >= 0.3 is 0 Å². The van der Waals surface area contributed by atoms with Gasteiger partial charge < -0.3 is 18.9 Å². The predicted molar refractivity (Wildman–Crippen MR) is 108 cm³/mol. The quantitative estimate of drug-likeness (QED) is 0.348. The summed E-state index contributed by atoms with van der Waals surface area (Å²) in [4.78, 5) is 0. The molecule has 3 heterocycles. The van der Waals surface area contributed by atoms with Gasteiger partial charge in [0.25, 0.3) is 0 Å². The first-order valence-corrected chi connectivity index (χ1v) is 11.4. The standard InChI is InChI=1S/C23H40O4/c1-3-5-7-9-14-24-17-19-20-11-12-21(27-20)23(19)18-10-13-22(26-16-18)25-15-8-6-4-2/h4,6,18-23H,3,5,7-17H2,1-2H3/t18?,19-,20+,21-,22-,23?/m1/s1. The van der Waals surface area contributed by atoms with Crippen LogP contribution in [0.5, 0.6) is 0 Å². The maximum atomic E-state index is 6.29. The zero-order valence-corrected chi connectivity index (χ0v) is 17.4. The van der Waals surface area contributed by atoms with Gasteiger partial charge in [-0.05, 0) is 57.3 Å². The molecule has 0 N–H and O–H groups in total. The lowest BCUT2D eigenvalue weighted by molar-refractivity contribution is -0.183. The summed E-state index contributed by atoms with van der Waals surface area (Å²) in [6, 6.07) is 0. The molecular formula is C23H40O4. The van der Waals surface area contributed by atoms with Gasteiger partial charge in [-0.1, -0.05) is 38.3 Å². The first-order valence-electron chi connectivity index (χ1n) is 11.4. The molecule has 3 aliphatic heterocycles. The lowest BCUT2D eigenvalue weighted by Crippen LogP contribution is -2.41. The molecule has 3 aliphatic rings. The Kier molecular flexibility index (Phi) is 9.11. The zero-order valence-electron chi connectivity index (χ0n) is 17.4. The van der Waals surface area contributed by atoms with Crippen LogP contribution in [-0.2, 0) is 18.9 Å². The van der Waals surface area contributed by atoms with Crippen molar-refractivity contribution in [3.8, 4) is 0 Å². The lowest BCUT2D eigenvalue weighted by Gasteiger charge is -2.38. The van der Waals surface area contributed by atoms with Crippen molar-refractivity contribution in [1.29, 1.82) is 0 Å². The van der Waals surface area contributed by atoms with Crippen molar-refractivity contribution in [3.63, 3.8) is 0 Å². The number of rotatable bonds is 12. The molecular weight excluding hydrogens is 340 g/mol. The molecule has 0 spiro atoms. The SMILES string of the molecule is CC=CCCO[C@H]1CCC(C2[C@H]3CC[C@H](O3)[C@H]2COCCCCCC)CO1. The van der Waals surface area contributed by atoms with E-state index in [9.17, 15) is 0 Å². The van der Waals surface area contributed by atoms with Gasteiger partial charge in [0.2, 0.25) is 0 Å². The Morgan fingerprint density at radius 3 is 2.67 bits per heavy atom. The molecule has 4 heteroatoms. The van der Waals surface area contributed by atoms with Crippen LogP contribution in [0, 0.1) is 17.8 Å². The normalized spacial score (nSPS) is 36.1. The summed E-state index contributed by atoms with van der Waals surface area (Å²) < 4.78 is 24.3. The smallest absolute Gasteiger partial charge is 0.157 e. The number of hydrogen-bond donors (Lipinski definition) is 0. The van der Waals surface area contributed by atoms with E-state index in [2.05, 4.69) is 19.1 Å². The highest BCUT2D eigenvalue weighted by Crippen LogP contribution is 2.48. The summed E-state index contributed by atoms with van der Waals surface area (Å²) in [5.74, 6) is 1.78. The van der Waals surface area contributed by atoms with Crippen LogP contribution in [0.25, 0.3) is 0 Å². The second-order valence-electron chi connectivity index (χ2n) is 8.50. The Morgan fingerprint density at radius 2 is 1.89 bits per heavy atom. The average molecular weight is 381 g/mol. The van der Waals surface area contributed by atoms with Crippen molar-refractivity contribution in [2.24, 2.45) is 17.8 Å². The third kappa shape index (κ3) is 6.03. The molecule has 0 radical (unpaired) electrons. The van der Waals surface area contributed by atoms with Crippen LogP contribution in [0.15, 0.2) is 12.2 Å². The largest absolute Gasteiger partial charge is 0.381 e. The van der Waals surface area contributed by atoms with Gasteiger partial charge in [-0.25, -0.2) is 0 Å². The van der Waals surface area contributed by atoms with Crippen LogP contribution < -0.4 is 0 Å². The van der Waals surface area contributed by atoms with Gasteiger partial charge in [0.15, 0.2) is 6.29 Å².